The summed E-state index contributed by atoms with van der Waals surface area (Å²) in [7, 11) is 1.80. The lowest BCUT2D eigenvalue weighted by atomic mass is 9.90. The molecule has 2 heterocycles. The molecule has 2 aliphatic heterocycles. The van der Waals surface area contributed by atoms with E-state index in [0.29, 0.717) is 13.0 Å². The number of rotatable bonds is 8. The highest BCUT2D eigenvalue weighted by Crippen LogP contribution is 2.31. The quantitative estimate of drug-likeness (QED) is 0.209. The van der Waals surface area contributed by atoms with Crippen LogP contribution in [0, 0.1) is 0 Å². The van der Waals surface area contributed by atoms with Crippen molar-refractivity contribution < 1.29 is 4.79 Å². The number of nitrogens with zero attached hydrogens (tertiary/aromatic N) is 3. The van der Waals surface area contributed by atoms with Crippen molar-refractivity contribution in [2.24, 2.45) is 4.99 Å². The van der Waals surface area contributed by atoms with E-state index in [1.807, 2.05) is 18.2 Å². The number of carbonyl (C=O) groups is 1. The Morgan fingerprint density at radius 3 is 2.60 bits per heavy atom. The normalized spacial score (nSPS) is 20.1. The summed E-state index contributed by atoms with van der Waals surface area (Å²) in [4.78, 5) is 21.4. The Kier molecular flexibility index (Phi) is 10.9. The smallest absolute Gasteiger partial charge is 0.225 e. The second kappa shape index (κ2) is 13.1. The Bertz CT molecular complexity index is 690. The summed E-state index contributed by atoms with van der Waals surface area (Å²) in [5.41, 5.74) is 2.12. The number of hydrogen-bond acceptors (Lipinski definition) is 4. The van der Waals surface area contributed by atoms with E-state index >= 15 is 0 Å². The standard InChI is InChI=1S/C22H36N6O.HI/c1-3-27-12-14-28(15-13-27)11-7-6-10-24-22(23-2)25-17-18-16-21(29)26-20-9-5-4-8-19(18)20;/h4-5,8-9,18H,3,6-7,10-17H2,1-2H3,(H,26,29)(H2,23,24,25);1H. The summed E-state index contributed by atoms with van der Waals surface area (Å²) < 4.78 is 0. The molecule has 1 amide bonds. The molecule has 0 saturated carbocycles. The van der Waals surface area contributed by atoms with Crippen molar-refractivity contribution >= 4 is 41.5 Å². The molecule has 1 aromatic carbocycles. The van der Waals surface area contributed by atoms with Gasteiger partial charge in [-0.2, -0.15) is 0 Å². The second-order valence-electron chi connectivity index (χ2n) is 7.90. The molecule has 0 radical (unpaired) electrons. The third-order valence-corrected chi connectivity index (χ3v) is 5.95. The molecule has 3 rings (SSSR count). The first-order valence-corrected chi connectivity index (χ1v) is 11.0. The van der Waals surface area contributed by atoms with Crippen LogP contribution in [0.1, 0.15) is 37.7 Å². The van der Waals surface area contributed by atoms with Crippen LogP contribution in [0.4, 0.5) is 5.69 Å². The van der Waals surface area contributed by atoms with Crippen molar-refractivity contribution in [3.63, 3.8) is 0 Å². The Morgan fingerprint density at radius 1 is 1.13 bits per heavy atom. The zero-order chi connectivity index (χ0) is 20.5. The van der Waals surface area contributed by atoms with Gasteiger partial charge in [-0.05, 0) is 37.6 Å². The summed E-state index contributed by atoms with van der Waals surface area (Å²) in [6, 6.07) is 8.05. The number of anilines is 1. The predicted octanol–water partition coefficient (Wildman–Crippen LogP) is 2.31. The Hall–Kier alpha value is -1.39. The number of para-hydroxylation sites is 1. The monoisotopic (exact) mass is 528 g/mol. The van der Waals surface area contributed by atoms with Crippen LogP contribution in [0.3, 0.4) is 0 Å². The fourth-order valence-corrected chi connectivity index (χ4v) is 4.12. The molecule has 1 fully saturated rings. The molecule has 0 spiro atoms. The molecule has 168 valence electrons. The van der Waals surface area contributed by atoms with Crippen LogP contribution in [0.15, 0.2) is 29.3 Å². The van der Waals surface area contributed by atoms with Gasteiger partial charge in [0.05, 0.1) is 0 Å². The molecule has 1 saturated heterocycles. The SMILES string of the molecule is CCN1CCN(CCCCNC(=NC)NCC2CC(=O)Nc3ccccc32)CC1.I. The zero-order valence-corrected chi connectivity index (χ0v) is 20.7. The van der Waals surface area contributed by atoms with Crippen LogP contribution in [0.25, 0.3) is 0 Å². The van der Waals surface area contributed by atoms with Gasteiger partial charge in [-0.25, -0.2) is 0 Å². The van der Waals surface area contributed by atoms with Gasteiger partial charge in [0.15, 0.2) is 5.96 Å². The number of aliphatic imine (C=N–C) groups is 1. The van der Waals surface area contributed by atoms with Crippen molar-refractivity contribution in [1.29, 1.82) is 0 Å². The summed E-state index contributed by atoms with van der Waals surface area (Å²) >= 11 is 0. The minimum absolute atomic E-state index is 0. The predicted molar refractivity (Wildman–Crippen MR) is 135 cm³/mol. The summed E-state index contributed by atoms with van der Waals surface area (Å²) in [5.74, 6) is 1.06. The number of benzene rings is 1. The van der Waals surface area contributed by atoms with E-state index in [9.17, 15) is 4.79 Å². The first-order chi connectivity index (χ1) is 14.2. The topological polar surface area (TPSA) is 72.0 Å². The lowest BCUT2D eigenvalue weighted by Crippen LogP contribution is -2.46. The fourth-order valence-electron chi connectivity index (χ4n) is 4.12. The number of nitrogens with one attached hydrogen (secondary N) is 3. The van der Waals surface area contributed by atoms with E-state index in [1.54, 1.807) is 7.05 Å². The third kappa shape index (κ3) is 7.39. The molecular weight excluding hydrogens is 491 g/mol. The molecule has 8 heteroatoms. The van der Waals surface area contributed by atoms with E-state index in [0.717, 1.165) is 24.6 Å². The van der Waals surface area contributed by atoms with Crippen LogP contribution >= 0.6 is 24.0 Å². The number of carbonyl (C=O) groups excluding carboxylic acids is 1. The maximum Gasteiger partial charge on any atom is 0.225 e. The highest BCUT2D eigenvalue weighted by atomic mass is 127. The van der Waals surface area contributed by atoms with Gasteiger partial charge in [-0.3, -0.25) is 9.79 Å². The minimum atomic E-state index is 0. The number of amides is 1. The number of fused-ring (bicyclic) bond motifs is 1. The van der Waals surface area contributed by atoms with Gasteiger partial charge in [-0.1, -0.05) is 25.1 Å². The molecular formula is C22H37IN6O. The molecule has 0 aromatic heterocycles. The molecule has 1 aromatic rings. The Balaban J connectivity index is 0.00000320. The first kappa shape index (κ1) is 24.9. The van der Waals surface area contributed by atoms with Crippen LogP contribution < -0.4 is 16.0 Å². The van der Waals surface area contributed by atoms with Crippen molar-refractivity contribution in [1.82, 2.24) is 20.4 Å². The number of guanidine groups is 1. The minimum Gasteiger partial charge on any atom is -0.356 e. The lowest BCUT2D eigenvalue weighted by molar-refractivity contribution is -0.116. The highest BCUT2D eigenvalue weighted by Gasteiger charge is 2.24. The van der Waals surface area contributed by atoms with E-state index in [2.05, 4.69) is 43.7 Å². The van der Waals surface area contributed by atoms with Gasteiger partial charge in [-0.15, -0.1) is 24.0 Å². The van der Waals surface area contributed by atoms with Gasteiger partial charge in [0.25, 0.3) is 0 Å². The third-order valence-electron chi connectivity index (χ3n) is 5.95. The van der Waals surface area contributed by atoms with Gasteiger partial charge in [0.2, 0.25) is 5.91 Å². The van der Waals surface area contributed by atoms with E-state index < -0.39 is 0 Å². The molecule has 1 unspecified atom stereocenters. The van der Waals surface area contributed by atoms with E-state index in [-0.39, 0.29) is 35.8 Å². The van der Waals surface area contributed by atoms with Gasteiger partial charge < -0.3 is 25.8 Å². The highest BCUT2D eigenvalue weighted by molar-refractivity contribution is 14.0. The average Bonchev–Trinajstić information content (AvgIpc) is 2.75. The molecule has 0 aliphatic carbocycles. The first-order valence-electron chi connectivity index (χ1n) is 11.0. The molecule has 3 N–H and O–H groups in total. The van der Waals surface area contributed by atoms with Crippen molar-refractivity contribution in [3.05, 3.63) is 29.8 Å². The summed E-state index contributed by atoms with van der Waals surface area (Å²) in [6.45, 7) is 11.0. The maximum atomic E-state index is 12.0. The largest absolute Gasteiger partial charge is 0.356 e. The van der Waals surface area contributed by atoms with Crippen LogP contribution in [0.5, 0.6) is 0 Å². The van der Waals surface area contributed by atoms with E-state index in [4.69, 9.17) is 0 Å². The molecule has 2 aliphatic rings. The van der Waals surface area contributed by atoms with Gasteiger partial charge in [0.1, 0.15) is 0 Å². The van der Waals surface area contributed by atoms with Crippen LogP contribution in [0.2, 0.25) is 0 Å². The molecule has 1 atom stereocenters. The fraction of sp³-hybridized carbons (Fsp3) is 0.636. The Labute approximate surface area is 198 Å². The molecule has 0 bridgehead atoms. The van der Waals surface area contributed by atoms with Crippen molar-refractivity contribution in [2.75, 3.05) is 64.7 Å². The lowest BCUT2D eigenvalue weighted by Gasteiger charge is -2.34. The molecule has 7 nitrogen and oxygen atoms in total. The van der Waals surface area contributed by atoms with Crippen molar-refractivity contribution in [3.8, 4) is 0 Å². The summed E-state index contributed by atoms with van der Waals surface area (Å²) in [6.07, 6.45) is 2.84. The number of halogens is 1. The molecule has 30 heavy (non-hydrogen) atoms. The second-order valence-corrected chi connectivity index (χ2v) is 7.90. The Morgan fingerprint density at radius 2 is 1.87 bits per heavy atom. The number of likely N-dealkylation sites (N-methyl/N-ethyl adjacent to an activating group) is 1. The maximum absolute atomic E-state index is 12.0. The van der Waals surface area contributed by atoms with Crippen molar-refractivity contribution in [2.45, 2.75) is 32.1 Å². The van der Waals surface area contributed by atoms with Crippen LogP contribution in [-0.2, 0) is 4.79 Å². The van der Waals surface area contributed by atoms with Gasteiger partial charge >= 0.3 is 0 Å². The average molecular weight is 528 g/mol. The van der Waals surface area contributed by atoms with E-state index in [1.165, 1.54) is 51.3 Å². The summed E-state index contributed by atoms with van der Waals surface area (Å²) in [5, 5.41) is 9.76. The number of hydrogen-bond donors (Lipinski definition) is 3. The zero-order valence-electron chi connectivity index (χ0n) is 18.3. The van der Waals surface area contributed by atoms with Gasteiger partial charge in [0, 0.05) is 64.3 Å². The number of piperazine rings is 1. The number of unbranched alkanes of at least 4 members (excludes halogenated alkanes) is 1. The van der Waals surface area contributed by atoms with Crippen LogP contribution in [-0.4, -0.2) is 81.1 Å².